The number of rotatable bonds is 6. The molecule has 0 atom stereocenters. The van der Waals surface area contributed by atoms with Crippen molar-refractivity contribution in [2.24, 2.45) is 4.40 Å². The zero-order chi connectivity index (χ0) is 21.9. The minimum Gasteiger partial charge on any atom is -0.504 e. The molecule has 7 nitrogen and oxygen atoms in total. The number of ether oxygens (including phenoxy) is 1. The predicted octanol–water partition coefficient (Wildman–Crippen LogP) is 3.90. The topological polar surface area (TPSA) is 96.3 Å². The summed E-state index contributed by atoms with van der Waals surface area (Å²) in [4.78, 5) is 14.3. The van der Waals surface area contributed by atoms with E-state index >= 15 is 0 Å². The Morgan fingerprint density at radius 1 is 1.27 bits per heavy atom. The first kappa shape index (κ1) is 21.9. The maximum absolute atomic E-state index is 12.8. The molecule has 1 aliphatic rings. The standard InChI is InChI=1S/C20H17ClN2O5S2/c1-3-10-23-19(25)18(12-13-4-9-16(24)17(11-13)28-2)29-20(23)22-30(26,27)15-7-5-14(21)6-8-15/h3-9,11-12,24H,1,10H2,2H3. The van der Waals surface area contributed by atoms with Crippen LogP contribution in [0.15, 0.2) is 69.3 Å². The molecule has 2 aromatic carbocycles. The van der Waals surface area contributed by atoms with Crippen LogP contribution in [0.25, 0.3) is 6.08 Å². The van der Waals surface area contributed by atoms with E-state index in [2.05, 4.69) is 11.0 Å². The molecular weight excluding hydrogens is 448 g/mol. The fourth-order valence-corrected chi connectivity index (χ4v) is 4.88. The fourth-order valence-electron chi connectivity index (χ4n) is 2.56. The summed E-state index contributed by atoms with van der Waals surface area (Å²) in [6, 6.07) is 10.2. The molecule has 0 radical (unpaired) electrons. The van der Waals surface area contributed by atoms with Crippen molar-refractivity contribution >= 4 is 50.5 Å². The van der Waals surface area contributed by atoms with E-state index in [9.17, 15) is 18.3 Å². The number of carbonyl (C=O) groups is 1. The summed E-state index contributed by atoms with van der Waals surface area (Å²) >= 11 is 6.75. The average Bonchev–Trinajstić information content (AvgIpc) is 2.98. The lowest BCUT2D eigenvalue weighted by Gasteiger charge is -2.12. The van der Waals surface area contributed by atoms with Gasteiger partial charge in [-0.15, -0.1) is 11.0 Å². The molecule has 1 heterocycles. The van der Waals surface area contributed by atoms with Gasteiger partial charge in [-0.1, -0.05) is 23.7 Å². The maximum atomic E-state index is 12.8. The number of phenolic OH excluding ortho intramolecular Hbond substituents is 1. The van der Waals surface area contributed by atoms with Gasteiger partial charge in [-0.25, -0.2) is 0 Å². The molecule has 3 rings (SSSR count). The number of amides is 1. The second-order valence-electron chi connectivity index (χ2n) is 6.05. The third-order valence-electron chi connectivity index (χ3n) is 4.01. The zero-order valence-corrected chi connectivity index (χ0v) is 18.2. The van der Waals surface area contributed by atoms with Gasteiger partial charge >= 0.3 is 0 Å². The molecule has 2 aromatic rings. The predicted molar refractivity (Wildman–Crippen MR) is 118 cm³/mol. The summed E-state index contributed by atoms with van der Waals surface area (Å²) < 4.78 is 34.3. The van der Waals surface area contributed by atoms with Crippen LogP contribution >= 0.6 is 23.4 Å². The third-order valence-corrected chi connectivity index (χ3v) is 6.67. The van der Waals surface area contributed by atoms with Gasteiger partial charge in [0, 0.05) is 11.6 Å². The SMILES string of the molecule is C=CCN1C(=O)C(=Cc2ccc(O)c(OC)c2)SC1=NS(=O)(=O)c1ccc(Cl)cc1. The van der Waals surface area contributed by atoms with Gasteiger partial charge in [-0.05, 0) is 59.8 Å². The highest BCUT2D eigenvalue weighted by atomic mass is 35.5. The van der Waals surface area contributed by atoms with E-state index in [1.165, 1.54) is 48.4 Å². The summed E-state index contributed by atoms with van der Waals surface area (Å²) in [6.45, 7) is 3.71. The van der Waals surface area contributed by atoms with Crippen LogP contribution in [0.3, 0.4) is 0 Å². The third kappa shape index (κ3) is 4.69. The minimum atomic E-state index is -4.05. The molecule has 0 spiro atoms. The summed E-state index contributed by atoms with van der Waals surface area (Å²) in [5.41, 5.74) is 0.598. The summed E-state index contributed by atoms with van der Waals surface area (Å²) in [5, 5.41) is 10.1. The number of amidine groups is 1. The Labute approximate surface area is 183 Å². The number of methoxy groups -OCH3 is 1. The molecule has 156 valence electrons. The Morgan fingerprint density at radius 2 is 1.97 bits per heavy atom. The highest BCUT2D eigenvalue weighted by Crippen LogP contribution is 2.35. The van der Waals surface area contributed by atoms with Crippen LogP contribution in [0, 0.1) is 0 Å². The lowest BCUT2D eigenvalue weighted by Crippen LogP contribution is -2.29. The molecule has 1 N–H and O–H groups in total. The molecule has 1 amide bonds. The van der Waals surface area contributed by atoms with Gasteiger partial charge < -0.3 is 9.84 Å². The van der Waals surface area contributed by atoms with Crippen LogP contribution in [0.1, 0.15) is 5.56 Å². The van der Waals surface area contributed by atoms with E-state index in [1.54, 1.807) is 18.2 Å². The van der Waals surface area contributed by atoms with E-state index in [1.807, 2.05) is 0 Å². The van der Waals surface area contributed by atoms with Gasteiger partial charge in [-0.2, -0.15) is 8.42 Å². The van der Waals surface area contributed by atoms with Gasteiger partial charge in [0.05, 0.1) is 16.9 Å². The molecule has 1 fully saturated rings. The average molecular weight is 465 g/mol. The van der Waals surface area contributed by atoms with E-state index in [-0.39, 0.29) is 33.0 Å². The van der Waals surface area contributed by atoms with Crippen molar-refractivity contribution in [3.63, 3.8) is 0 Å². The molecule has 0 aliphatic carbocycles. The van der Waals surface area contributed by atoms with Gasteiger partial charge in [0.1, 0.15) is 0 Å². The molecule has 30 heavy (non-hydrogen) atoms. The van der Waals surface area contributed by atoms with Crippen LogP contribution in [0.5, 0.6) is 11.5 Å². The monoisotopic (exact) mass is 464 g/mol. The summed E-state index contributed by atoms with van der Waals surface area (Å²) in [6.07, 6.45) is 3.05. The number of aromatic hydroxyl groups is 1. The molecule has 10 heteroatoms. The van der Waals surface area contributed by atoms with Crippen LogP contribution in [-0.4, -0.2) is 43.2 Å². The number of halogens is 1. The quantitative estimate of drug-likeness (QED) is 0.514. The summed E-state index contributed by atoms with van der Waals surface area (Å²) in [7, 11) is -2.63. The Bertz CT molecular complexity index is 1160. The number of sulfonamides is 1. The first-order valence-electron chi connectivity index (χ1n) is 8.55. The Balaban J connectivity index is 1.99. The normalized spacial score (nSPS) is 17.0. The van der Waals surface area contributed by atoms with Crippen molar-refractivity contribution in [2.45, 2.75) is 4.90 Å². The van der Waals surface area contributed by atoms with Crippen molar-refractivity contribution in [1.29, 1.82) is 0 Å². The van der Waals surface area contributed by atoms with Crippen molar-refractivity contribution in [3.05, 3.63) is 70.6 Å². The first-order valence-corrected chi connectivity index (χ1v) is 11.2. The Morgan fingerprint density at radius 3 is 2.60 bits per heavy atom. The smallest absolute Gasteiger partial charge is 0.284 e. The highest BCUT2D eigenvalue weighted by Gasteiger charge is 2.34. The van der Waals surface area contributed by atoms with Gasteiger partial charge in [0.2, 0.25) is 0 Å². The van der Waals surface area contributed by atoms with Crippen molar-refractivity contribution in [3.8, 4) is 11.5 Å². The van der Waals surface area contributed by atoms with Crippen molar-refractivity contribution in [1.82, 2.24) is 4.90 Å². The van der Waals surface area contributed by atoms with Gasteiger partial charge in [0.25, 0.3) is 15.9 Å². The van der Waals surface area contributed by atoms with Gasteiger partial charge in [-0.3, -0.25) is 9.69 Å². The minimum absolute atomic E-state index is 0.0202. The lowest BCUT2D eigenvalue weighted by molar-refractivity contribution is -0.121. The largest absolute Gasteiger partial charge is 0.504 e. The number of thioether (sulfide) groups is 1. The molecule has 0 saturated carbocycles. The van der Waals surface area contributed by atoms with E-state index in [0.29, 0.717) is 10.6 Å². The van der Waals surface area contributed by atoms with Crippen LogP contribution in [0.2, 0.25) is 5.02 Å². The summed E-state index contributed by atoms with van der Waals surface area (Å²) in [5.74, 6) is -0.186. The number of phenols is 1. The molecule has 0 bridgehead atoms. The lowest BCUT2D eigenvalue weighted by atomic mass is 10.2. The van der Waals surface area contributed by atoms with Crippen LogP contribution in [-0.2, 0) is 14.8 Å². The zero-order valence-electron chi connectivity index (χ0n) is 15.8. The highest BCUT2D eigenvalue weighted by molar-refractivity contribution is 8.19. The second-order valence-corrected chi connectivity index (χ2v) is 9.10. The number of nitrogens with zero attached hydrogens (tertiary/aromatic N) is 2. The van der Waals surface area contributed by atoms with Crippen LogP contribution < -0.4 is 4.74 Å². The number of carbonyl (C=O) groups excluding carboxylic acids is 1. The molecular formula is C20H17ClN2O5S2. The van der Waals surface area contributed by atoms with E-state index < -0.39 is 15.9 Å². The number of hydrogen-bond acceptors (Lipinski definition) is 6. The Kier molecular flexibility index (Phi) is 6.55. The molecule has 0 aromatic heterocycles. The molecule has 1 saturated heterocycles. The van der Waals surface area contributed by atoms with E-state index in [0.717, 1.165) is 11.8 Å². The number of hydrogen-bond donors (Lipinski definition) is 1. The fraction of sp³-hybridized carbons (Fsp3) is 0.100. The van der Waals surface area contributed by atoms with Crippen molar-refractivity contribution in [2.75, 3.05) is 13.7 Å². The first-order chi connectivity index (χ1) is 14.2. The van der Waals surface area contributed by atoms with Gasteiger partial charge in [0.15, 0.2) is 16.7 Å². The maximum Gasteiger partial charge on any atom is 0.284 e. The number of benzene rings is 2. The Hall–Kier alpha value is -2.75. The van der Waals surface area contributed by atoms with Crippen molar-refractivity contribution < 1.29 is 23.1 Å². The van der Waals surface area contributed by atoms with Crippen LogP contribution in [0.4, 0.5) is 0 Å². The second kappa shape index (κ2) is 8.95. The van der Waals surface area contributed by atoms with E-state index in [4.69, 9.17) is 16.3 Å². The molecule has 1 aliphatic heterocycles. The molecule has 0 unspecified atom stereocenters.